The number of carbonyl (C=O) groups excluding carboxylic acids is 1. The van der Waals surface area contributed by atoms with E-state index < -0.39 is 0 Å². The van der Waals surface area contributed by atoms with Crippen molar-refractivity contribution >= 4 is 44.8 Å². The number of aromatic nitrogens is 2. The Labute approximate surface area is 234 Å². The molecular formula is C29H28ClN3O5S. The van der Waals surface area contributed by atoms with Crippen molar-refractivity contribution in [1.82, 2.24) is 10.1 Å². The first kappa shape index (κ1) is 24.9. The van der Waals surface area contributed by atoms with Crippen LogP contribution in [0.25, 0.3) is 21.5 Å². The zero-order valence-corrected chi connectivity index (χ0v) is 23.3. The summed E-state index contributed by atoms with van der Waals surface area (Å²) in [5.74, 6) is 2.86. The molecule has 1 saturated heterocycles. The Hall–Kier alpha value is -3.14. The molecule has 2 aromatic carbocycles. The van der Waals surface area contributed by atoms with E-state index >= 15 is 0 Å². The van der Waals surface area contributed by atoms with Crippen molar-refractivity contribution in [2.75, 3.05) is 18.6 Å². The third kappa shape index (κ3) is 4.37. The number of carbonyl (C=O) groups is 1. The average Bonchev–Trinajstić information content (AvgIpc) is 3.25. The molecule has 0 amide bonds. The minimum Gasteiger partial charge on any atom is -0.494 e. The van der Waals surface area contributed by atoms with E-state index in [9.17, 15) is 4.79 Å². The number of aryl methyl sites for hydroxylation is 1. The Balaban J connectivity index is 1.09. The third-order valence-corrected chi connectivity index (χ3v) is 9.57. The summed E-state index contributed by atoms with van der Waals surface area (Å²) < 4.78 is 24.0. The monoisotopic (exact) mass is 565 g/mol. The minimum atomic E-state index is 0.171. The van der Waals surface area contributed by atoms with Gasteiger partial charge in [0, 0.05) is 47.7 Å². The summed E-state index contributed by atoms with van der Waals surface area (Å²) in [6.07, 6.45) is 4.45. The molecule has 39 heavy (non-hydrogen) atoms. The molecule has 2 aliphatic carbocycles. The molecule has 0 radical (unpaired) electrons. The first-order valence-electron chi connectivity index (χ1n) is 13.2. The number of hydrogen-bond acceptors (Lipinski definition) is 9. The van der Waals surface area contributed by atoms with Crippen LogP contribution in [0.15, 0.2) is 34.9 Å². The van der Waals surface area contributed by atoms with E-state index in [-0.39, 0.29) is 6.10 Å². The number of rotatable bonds is 9. The van der Waals surface area contributed by atoms with Crippen molar-refractivity contribution in [3.05, 3.63) is 52.2 Å². The fourth-order valence-corrected chi connectivity index (χ4v) is 7.56. The molecule has 2 saturated carbocycles. The summed E-state index contributed by atoms with van der Waals surface area (Å²) in [4.78, 5) is 18.1. The van der Waals surface area contributed by atoms with E-state index in [4.69, 9.17) is 35.3 Å². The zero-order chi connectivity index (χ0) is 26.7. The summed E-state index contributed by atoms with van der Waals surface area (Å²) in [5, 5.41) is 6.12. The maximum Gasteiger partial charge on any atom is 0.298 e. The smallest absolute Gasteiger partial charge is 0.298 e. The molecule has 3 fully saturated rings. The van der Waals surface area contributed by atoms with Crippen LogP contribution in [0.4, 0.5) is 5.13 Å². The van der Waals surface area contributed by atoms with E-state index in [1.807, 2.05) is 18.2 Å². The van der Waals surface area contributed by atoms with Crippen LogP contribution in [0.5, 0.6) is 11.5 Å². The molecule has 10 heteroatoms. The highest BCUT2D eigenvalue weighted by Crippen LogP contribution is 2.48. The molecule has 3 unspecified atom stereocenters. The molecule has 2 aromatic heterocycles. The topological polar surface area (TPSA) is 86.9 Å². The number of halogens is 1. The number of fused-ring (bicyclic) bond motifs is 3. The molecule has 3 atom stereocenters. The summed E-state index contributed by atoms with van der Waals surface area (Å²) in [6.45, 7) is 3.84. The normalized spacial score (nSPS) is 22.1. The van der Waals surface area contributed by atoms with Gasteiger partial charge in [0.15, 0.2) is 5.13 Å². The number of ether oxygens (including phenoxy) is 3. The summed E-state index contributed by atoms with van der Waals surface area (Å²) in [7, 11) is 1.60. The van der Waals surface area contributed by atoms with E-state index in [1.54, 1.807) is 24.5 Å². The van der Waals surface area contributed by atoms with Crippen molar-refractivity contribution in [2.24, 2.45) is 5.92 Å². The molecule has 202 valence electrons. The lowest BCUT2D eigenvalue weighted by Gasteiger charge is -2.31. The summed E-state index contributed by atoms with van der Waals surface area (Å²) in [5.41, 5.74) is 4.65. The fourth-order valence-electron chi connectivity index (χ4n) is 6.16. The molecule has 0 N–H and O–H groups in total. The Morgan fingerprint density at radius 1 is 1.26 bits per heavy atom. The van der Waals surface area contributed by atoms with Gasteiger partial charge in [0.2, 0.25) is 0 Å². The molecule has 4 aromatic rings. The maximum absolute atomic E-state index is 10.8. The van der Waals surface area contributed by atoms with Gasteiger partial charge >= 0.3 is 0 Å². The van der Waals surface area contributed by atoms with Crippen LogP contribution in [0.1, 0.15) is 48.5 Å². The van der Waals surface area contributed by atoms with Crippen molar-refractivity contribution in [3.63, 3.8) is 0 Å². The zero-order valence-electron chi connectivity index (χ0n) is 21.7. The number of thiazole rings is 1. The predicted octanol–water partition coefficient (Wildman–Crippen LogP) is 6.52. The molecule has 1 aliphatic heterocycles. The molecule has 0 spiro atoms. The van der Waals surface area contributed by atoms with E-state index in [0.717, 1.165) is 75.7 Å². The Morgan fingerprint density at radius 3 is 2.85 bits per heavy atom. The van der Waals surface area contributed by atoms with Gasteiger partial charge in [-0.2, -0.15) is 0 Å². The summed E-state index contributed by atoms with van der Waals surface area (Å²) in [6, 6.07) is 9.81. The minimum absolute atomic E-state index is 0.171. The molecular weight excluding hydrogens is 538 g/mol. The van der Waals surface area contributed by atoms with E-state index in [2.05, 4.69) is 23.0 Å². The highest BCUT2D eigenvalue weighted by atomic mass is 35.5. The number of benzene rings is 2. The van der Waals surface area contributed by atoms with Crippen molar-refractivity contribution < 1.29 is 23.5 Å². The van der Waals surface area contributed by atoms with Crippen molar-refractivity contribution in [3.8, 4) is 22.8 Å². The number of methoxy groups -OCH3 is 1. The molecule has 3 aliphatic rings. The number of anilines is 1. The lowest BCUT2D eigenvalue weighted by atomic mass is 10.00. The van der Waals surface area contributed by atoms with Gasteiger partial charge in [-0.25, -0.2) is 4.98 Å². The second-order valence-corrected chi connectivity index (χ2v) is 12.1. The van der Waals surface area contributed by atoms with Gasteiger partial charge in [0.05, 0.1) is 29.5 Å². The van der Waals surface area contributed by atoms with Crippen molar-refractivity contribution in [1.29, 1.82) is 0 Å². The van der Waals surface area contributed by atoms with Crippen LogP contribution in [-0.2, 0) is 16.1 Å². The van der Waals surface area contributed by atoms with Crippen LogP contribution in [-0.4, -0.2) is 42.4 Å². The van der Waals surface area contributed by atoms with Gasteiger partial charge in [-0.1, -0.05) is 40.2 Å². The van der Waals surface area contributed by atoms with Crippen LogP contribution in [0, 0.1) is 12.8 Å². The number of piperidine rings is 1. The predicted molar refractivity (Wildman–Crippen MR) is 149 cm³/mol. The fraction of sp³-hybridized carbons (Fsp3) is 0.414. The highest BCUT2D eigenvalue weighted by Gasteiger charge is 2.46. The number of nitrogens with zero attached hydrogens (tertiary/aromatic N) is 3. The Morgan fingerprint density at radius 2 is 2.13 bits per heavy atom. The lowest BCUT2D eigenvalue weighted by Crippen LogP contribution is -2.38. The summed E-state index contributed by atoms with van der Waals surface area (Å²) >= 11 is 8.20. The van der Waals surface area contributed by atoms with Crippen LogP contribution < -0.4 is 14.4 Å². The van der Waals surface area contributed by atoms with Gasteiger partial charge in [0.25, 0.3) is 6.47 Å². The first-order chi connectivity index (χ1) is 19.0. The average molecular weight is 566 g/mol. The lowest BCUT2D eigenvalue weighted by molar-refractivity contribution is -0.120. The maximum atomic E-state index is 10.8. The standard InChI is InChI=1S/C29H28ClN3O5S/c1-15-4-3-5-21(30)25(15)26-20(28(38-32-26)16-6-7-16)13-36-22-9-18-8-17(22)12-33(18)29-31-27-23(35-2)10-19(37-14-34)11-24(27)39-29/h3-5,10-11,14,16-18,22H,6-9,12-13H2,1-2H3. The van der Waals surface area contributed by atoms with Crippen LogP contribution in [0.2, 0.25) is 5.02 Å². The second kappa shape index (κ2) is 9.80. The van der Waals surface area contributed by atoms with Gasteiger partial charge < -0.3 is 23.6 Å². The largest absolute Gasteiger partial charge is 0.494 e. The van der Waals surface area contributed by atoms with Crippen LogP contribution >= 0.6 is 22.9 Å². The molecule has 3 heterocycles. The van der Waals surface area contributed by atoms with E-state index in [0.29, 0.717) is 47.5 Å². The van der Waals surface area contributed by atoms with Gasteiger partial charge in [-0.15, -0.1) is 0 Å². The first-order valence-corrected chi connectivity index (χ1v) is 14.4. The highest BCUT2D eigenvalue weighted by molar-refractivity contribution is 7.22. The molecule has 2 bridgehead atoms. The molecule has 8 nitrogen and oxygen atoms in total. The third-order valence-electron chi connectivity index (χ3n) is 8.22. The molecule has 7 rings (SSSR count). The van der Waals surface area contributed by atoms with E-state index in [1.165, 1.54) is 0 Å². The Bertz CT molecular complexity index is 1540. The second-order valence-electron chi connectivity index (χ2n) is 10.6. The van der Waals surface area contributed by atoms with Crippen LogP contribution in [0.3, 0.4) is 0 Å². The number of hydrogen-bond donors (Lipinski definition) is 0. The quantitative estimate of drug-likeness (QED) is 0.212. The van der Waals surface area contributed by atoms with Gasteiger partial charge in [-0.05, 0) is 44.2 Å². The van der Waals surface area contributed by atoms with Gasteiger partial charge in [-0.3, -0.25) is 4.79 Å². The van der Waals surface area contributed by atoms with Crippen molar-refractivity contribution in [2.45, 2.75) is 57.3 Å². The Kier molecular flexibility index (Phi) is 6.25. The SMILES string of the molecule is COc1cc(OC=O)cc2sc(N3CC4CC3CC4OCc3c(-c4c(C)cccc4Cl)noc3C3CC3)nc12. The van der Waals surface area contributed by atoms with Gasteiger partial charge in [0.1, 0.15) is 28.5 Å².